The second-order valence-corrected chi connectivity index (χ2v) is 6.36. The fourth-order valence-electron chi connectivity index (χ4n) is 2.48. The molecule has 88 valence electrons. The Labute approximate surface area is 96.8 Å². The summed E-state index contributed by atoms with van der Waals surface area (Å²) in [6.45, 7) is 6.65. The maximum absolute atomic E-state index is 12.0. The normalized spacial score (nSPS) is 22.1. The first-order valence-electron chi connectivity index (χ1n) is 5.53. The summed E-state index contributed by atoms with van der Waals surface area (Å²) in [6, 6.07) is 3.88. The predicted octanol–water partition coefficient (Wildman–Crippen LogP) is 1.74. The molecule has 0 spiro atoms. The molecule has 2 rings (SSSR count). The first-order valence-corrected chi connectivity index (χ1v) is 7.18. The molecule has 1 N–H and O–H groups in total. The van der Waals surface area contributed by atoms with Crippen LogP contribution in [0.1, 0.15) is 29.7 Å². The lowest BCUT2D eigenvalue weighted by Gasteiger charge is -2.11. The van der Waals surface area contributed by atoms with Gasteiger partial charge in [-0.3, -0.25) is 0 Å². The van der Waals surface area contributed by atoms with Gasteiger partial charge in [-0.2, -0.15) is 0 Å². The van der Waals surface area contributed by atoms with E-state index in [1.807, 2.05) is 32.9 Å². The van der Waals surface area contributed by atoms with Crippen LogP contribution in [0.3, 0.4) is 0 Å². The van der Waals surface area contributed by atoms with E-state index in [0.29, 0.717) is 4.90 Å². The molecule has 1 unspecified atom stereocenters. The van der Waals surface area contributed by atoms with E-state index in [4.69, 9.17) is 0 Å². The second kappa shape index (κ2) is 3.86. The van der Waals surface area contributed by atoms with Gasteiger partial charge in [-0.1, -0.05) is 24.6 Å². The van der Waals surface area contributed by atoms with E-state index in [1.54, 1.807) is 0 Å². The van der Waals surface area contributed by atoms with Crippen LogP contribution in [0.25, 0.3) is 0 Å². The van der Waals surface area contributed by atoms with Gasteiger partial charge >= 0.3 is 0 Å². The molecule has 16 heavy (non-hydrogen) atoms. The Hall–Kier alpha value is -0.870. The Balaban J connectivity index is 2.63. The summed E-state index contributed by atoms with van der Waals surface area (Å²) in [4.78, 5) is 0.545. The van der Waals surface area contributed by atoms with Crippen molar-refractivity contribution in [1.29, 1.82) is 0 Å². The van der Waals surface area contributed by atoms with Crippen molar-refractivity contribution in [3.8, 4) is 0 Å². The lowest BCUT2D eigenvalue weighted by molar-refractivity contribution is 0.579. The highest BCUT2D eigenvalue weighted by Crippen LogP contribution is 2.36. The Morgan fingerprint density at radius 2 is 2.06 bits per heavy atom. The molecule has 0 aliphatic carbocycles. The van der Waals surface area contributed by atoms with Gasteiger partial charge in [-0.15, -0.1) is 0 Å². The summed E-state index contributed by atoms with van der Waals surface area (Å²) in [5, 5.41) is 3.23. The Morgan fingerprint density at radius 1 is 1.38 bits per heavy atom. The van der Waals surface area contributed by atoms with Crippen LogP contribution in [0.2, 0.25) is 0 Å². The monoisotopic (exact) mass is 239 g/mol. The van der Waals surface area contributed by atoms with Crippen molar-refractivity contribution in [2.45, 2.75) is 31.7 Å². The predicted molar refractivity (Wildman–Crippen MR) is 64.4 cm³/mol. The summed E-state index contributed by atoms with van der Waals surface area (Å²) in [5.74, 6) is 0.195. The van der Waals surface area contributed by atoms with Gasteiger partial charge in [0.05, 0.1) is 10.6 Å². The quantitative estimate of drug-likeness (QED) is 0.855. The average Bonchev–Trinajstić information content (AvgIpc) is 2.38. The first kappa shape index (κ1) is 11.6. The van der Waals surface area contributed by atoms with Crippen LogP contribution < -0.4 is 5.32 Å². The fraction of sp³-hybridized carbons (Fsp3) is 0.500. The van der Waals surface area contributed by atoms with Crippen LogP contribution in [-0.2, 0) is 9.84 Å². The van der Waals surface area contributed by atoms with Crippen molar-refractivity contribution in [1.82, 2.24) is 5.32 Å². The van der Waals surface area contributed by atoms with E-state index >= 15 is 0 Å². The van der Waals surface area contributed by atoms with Crippen LogP contribution in [0.4, 0.5) is 0 Å². The maximum Gasteiger partial charge on any atom is 0.180 e. The zero-order valence-corrected chi connectivity index (χ0v) is 10.7. The zero-order chi connectivity index (χ0) is 11.9. The van der Waals surface area contributed by atoms with E-state index in [9.17, 15) is 8.42 Å². The number of hydrogen-bond acceptors (Lipinski definition) is 3. The van der Waals surface area contributed by atoms with Gasteiger partial charge in [-0.25, -0.2) is 8.42 Å². The van der Waals surface area contributed by atoms with Gasteiger partial charge in [0.25, 0.3) is 0 Å². The van der Waals surface area contributed by atoms with Gasteiger partial charge in [0.2, 0.25) is 0 Å². The van der Waals surface area contributed by atoms with E-state index in [-0.39, 0.29) is 11.8 Å². The average molecular weight is 239 g/mol. The van der Waals surface area contributed by atoms with Crippen LogP contribution in [-0.4, -0.2) is 20.7 Å². The molecule has 0 radical (unpaired) electrons. The molecule has 1 aliphatic heterocycles. The number of sulfone groups is 1. The lowest BCUT2D eigenvalue weighted by atomic mass is 10.0. The minimum absolute atomic E-state index is 0.0383. The largest absolute Gasteiger partial charge is 0.309 e. The van der Waals surface area contributed by atoms with Crippen LogP contribution in [0.15, 0.2) is 17.0 Å². The Morgan fingerprint density at radius 3 is 2.69 bits per heavy atom. The highest BCUT2D eigenvalue weighted by atomic mass is 32.2. The van der Waals surface area contributed by atoms with Crippen molar-refractivity contribution in [2.75, 3.05) is 12.3 Å². The molecule has 0 saturated heterocycles. The van der Waals surface area contributed by atoms with E-state index < -0.39 is 9.84 Å². The number of fused-ring (bicyclic) bond motifs is 1. The summed E-state index contributed by atoms with van der Waals surface area (Å²) in [6.07, 6.45) is 0. The number of nitrogens with one attached hydrogen (secondary N) is 1. The molecular weight excluding hydrogens is 222 g/mol. The highest BCUT2D eigenvalue weighted by Gasteiger charge is 2.35. The Bertz CT molecular complexity index is 520. The molecule has 1 heterocycles. The standard InChI is InChI=1S/C12H17NO2S/c1-4-13-11-7-16(14,15)12-9(3)5-8(2)6-10(11)12/h5-6,11,13H,4,7H2,1-3H3. The van der Waals surface area contributed by atoms with Crippen molar-refractivity contribution in [2.24, 2.45) is 0 Å². The van der Waals surface area contributed by atoms with Gasteiger partial charge in [0, 0.05) is 6.04 Å². The smallest absolute Gasteiger partial charge is 0.180 e. The van der Waals surface area contributed by atoms with Crippen molar-refractivity contribution >= 4 is 9.84 Å². The molecule has 0 amide bonds. The zero-order valence-electron chi connectivity index (χ0n) is 9.87. The van der Waals surface area contributed by atoms with Crippen molar-refractivity contribution < 1.29 is 8.42 Å². The summed E-state index contributed by atoms with van der Waals surface area (Å²) in [5.41, 5.74) is 2.94. The van der Waals surface area contributed by atoms with E-state index in [0.717, 1.165) is 23.2 Å². The van der Waals surface area contributed by atoms with Crippen LogP contribution in [0, 0.1) is 13.8 Å². The minimum atomic E-state index is -3.09. The SMILES string of the molecule is CCNC1CS(=O)(=O)c2c(C)cc(C)cc21. The molecule has 3 nitrogen and oxygen atoms in total. The maximum atomic E-state index is 12.0. The minimum Gasteiger partial charge on any atom is -0.309 e. The van der Waals surface area contributed by atoms with Gasteiger partial charge in [-0.05, 0) is 31.5 Å². The number of hydrogen-bond donors (Lipinski definition) is 1. The molecule has 1 aromatic rings. The molecule has 0 aromatic heterocycles. The molecule has 1 atom stereocenters. The third kappa shape index (κ3) is 1.76. The molecular formula is C12H17NO2S. The van der Waals surface area contributed by atoms with Crippen molar-refractivity contribution in [3.05, 3.63) is 28.8 Å². The summed E-state index contributed by atoms with van der Waals surface area (Å²) >= 11 is 0. The van der Waals surface area contributed by atoms with Gasteiger partial charge in [0.1, 0.15) is 0 Å². The van der Waals surface area contributed by atoms with Gasteiger partial charge < -0.3 is 5.32 Å². The third-order valence-electron chi connectivity index (χ3n) is 2.97. The molecule has 1 aromatic carbocycles. The molecule has 4 heteroatoms. The first-order chi connectivity index (χ1) is 7.45. The molecule has 0 fully saturated rings. The number of aryl methyl sites for hydroxylation is 2. The highest BCUT2D eigenvalue weighted by molar-refractivity contribution is 7.91. The summed E-state index contributed by atoms with van der Waals surface area (Å²) in [7, 11) is -3.09. The third-order valence-corrected chi connectivity index (χ3v) is 4.92. The number of benzene rings is 1. The summed E-state index contributed by atoms with van der Waals surface area (Å²) < 4.78 is 24.1. The molecule has 0 bridgehead atoms. The molecule has 1 aliphatic rings. The number of rotatable bonds is 2. The van der Waals surface area contributed by atoms with Crippen LogP contribution in [0.5, 0.6) is 0 Å². The molecule has 0 saturated carbocycles. The van der Waals surface area contributed by atoms with E-state index in [1.165, 1.54) is 0 Å². The van der Waals surface area contributed by atoms with Crippen molar-refractivity contribution in [3.63, 3.8) is 0 Å². The van der Waals surface area contributed by atoms with E-state index in [2.05, 4.69) is 5.32 Å². The fourth-order valence-corrected chi connectivity index (χ4v) is 4.49. The van der Waals surface area contributed by atoms with Gasteiger partial charge in [0.15, 0.2) is 9.84 Å². The van der Waals surface area contributed by atoms with Crippen LogP contribution >= 0.6 is 0 Å². The Kier molecular flexibility index (Phi) is 2.80. The lowest BCUT2D eigenvalue weighted by Crippen LogP contribution is -2.22. The second-order valence-electron chi connectivity index (χ2n) is 4.39. The topological polar surface area (TPSA) is 46.2 Å².